The first kappa shape index (κ1) is 21.5. The number of amides is 2. The summed E-state index contributed by atoms with van der Waals surface area (Å²) in [5.41, 5.74) is 5.09. The zero-order valence-corrected chi connectivity index (χ0v) is 18.8. The molecule has 3 rings (SSSR count). The maximum Gasteiger partial charge on any atom is 0.238 e. The number of aryl methyl sites for hydroxylation is 3. The second kappa shape index (κ2) is 9.55. The molecule has 0 saturated carbocycles. The summed E-state index contributed by atoms with van der Waals surface area (Å²) in [6.45, 7) is 7.93. The van der Waals surface area contributed by atoms with Crippen LogP contribution in [-0.4, -0.2) is 36.3 Å². The number of hydrogen-bond acceptors (Lipinski definition) is 3. The van der Waals surface area contributed by atoms with Crippen molar-refractivity contribution in [2.24, 2.45) is 5.92 Å². The second-order valence-corrected chi connectivity index (χ2v) is 8.76. The fourth-order valence-electron chi connectivity index (χ4n) is 3.58. The smallest absolute Gasteiger partial charge is 0.238 e. The summed E-state index contributed by atoms with van der Waals surface area (Å²) in [5.74, 6) is 0.0356. The third-order valence-corrected chi connectivity index (χ3v) is 6.06. The Morgan fingerprint density at radius 2 is 1.69 bits per heavy atom. The van der Waals surface area contributed by atoms with Gasteiger partial charge in [0.25, 0.3) is 0 Å². The number of hydrogen-bond donors (Lipinski definition) is 2. The topological polar surface area (TPSA) is 61.4 Å². The molecule has 2 aromatic carbocycles. The Balaban J connectivity index is 1.46. The summed E-state index contributed by atoms with van der Waals surface area (Å²) in [6.07, 6.45) is 1.52. The third-order valence-electron chi connectivity index (χ3n) is 5.56. The number of carbonyl (C=O) groups excluding carboxylic acids is 2. The molecule has 6 heteroatoms. The Kier molecular flexibility index (Phi) is 7.09. The van der Waals surface area contributed by atoms with Gasteiger partial charge in [0.05, 0.1) is 6.54 Å². The summed E-state index contributed by atoms with van der Waals surface area (Å²) >= 11 is 3.44. The van der Waals surface area contributed by atoms with Crippen molar-refractivity contribution in [2.45, 2.75) is 33.6 Å². The average Bonchev–Trinajstić information content (AvgIpc) is 2.67. The number of nitrogens with zero attached hydrogens (tertiary/aromatic N) is 1. The second-order valence-electron chi connectivity index (χ2n) is 7.85. The van der Waals surface area contributed by atoms with E-state index < -0.39 is 0 Å². The minimum atomic E-state index is -0.0166. The van der Waals surface area contributed by atoms with Crippen LogP contribution in [0.2, 0.25) is 0 Å². The van der Waals surface area contributed by atoms with E-state index in [1.165, 1.54) is 5.56 Å². The van der Waals surface area contributed by atoms with Crippen LogP contribution in [0.5, 0.6) is 0 Å². The molecule has 1 aliphatic rings. The number of rotatable bonds is 5. The summed E-state index contributed by atoms with van der Waals surface area (Å²) in [4.78, 5) is 27.1. The number of likely N-dealkylation sites (tertiary alicyclic amines) is 1. The molecular weight excluding hydrogens is 430 g/mol. The lowest BCUT2D eigenvalue weighted by Gasteiger charge is -2.30. The van der Waals surface area contributed by atoms with E-state index in [-0.39, 0.29) is 17.7 Å². The first-order valence-corrected chi connectivity index (χ1v) is 10.8. The molecular formula is C23H28BrN3O2. The monoisotopic (exact) mass is 457 g/mol. The number of piperidine rings is 1. The summed E-state index contributed by atoms with van der Waals surface area (Å²) in [5, 5.41) is 6.02. The van der Waals surface area contributed by atoms with E-state index in [1.54, 1.807) is 0 Å². The van der Waals surface area contributed by atoms with E-state index in [4.69, 9.17) is 0 Å². The van der Waals surface area contributed by atoms with Gasteiger partial charge in [-0.3, -0.25) is 14.5 Å². The first-order chi connectivity index (χ1) is 13.8. The van der Waals surface area contributed by atoms with Gasteiger partial charge in [-0.1, -0.05) is 22.0 Å². The predicted molar refractivity (Wildman–Crippen MR) is 121 cm³/mol. The molecule has 0 bridgehead atoms. The van der Waals surface area contributed by atoms with Gasteiger partial charge in [0.15, 0.2) is 0 Å². The lowest BCUT2D eigenvalue weighted by Crippen LogP contribution is -2.41. The SMILES string of the molecule is Cc1ccc(NC(=O)CN2CCC(C(=O)Nc3ccc(Br)cc3C)CC2)cc1C. The Bertz CT molecular complexity index is 905. The molecule has 1 heterocycles. The number of anilines is 2. The summed E-state index contributed by atoms with van der Waals surface area (Å²) in [7, 11) is 0. The van der Waals surface area contributed by atoms with Crippen molar-refractivity contribution in [3.05, 3.63) is 57.6 Å². The van der Waals surface area contributed by atoms with E-state index in [9.17, 15) is 9.59 Å². The maximum atomic E-state index is 12.6. The van der Waals surface area contributed by atoms with Crippen LogP contribution >= 0.6 is 15.9 Å². The molecule has 0 radical (unpaired) electrons. The van der Waals surface area contributed by atoms with Crippen molar-refractivity contribution >= 4 is 39.1 Å². The highest BCUT2D eigenvalue weighted by molar-refractivity contribution is 9.10. The van der Waals surface area contributed by atoms with Gasteiger partial charge >= 0.3 is 0 Å². The van der Waals surface area contributed by atoms with Crippen molar-refractivity contribution in [1.82, 2.24) is 4.90 Å². The Morgan fingerprint density at radius 3 is 2.34 bits per heavy atom. The van der Waals surface area contributed by atoms with Crippen molar-refractivity contribution in [3.8, 4) is 0 Å². The number of benzene rings is 2. The molecule has 5 nitrogen and oxygen atoms in total. The van der Waals surface area contributed by atoms with Crippen LogP contribution in [0.15, 0.2) is 40.9 Å². The highest BCUT2D eigenvalue weighted by Crippen LogP contribution is 2.23. The van der Waals surface area contributed by atoms with Gasteiger partial charge in [-0.2, -0.15) is 0 Å². The molecule has 2 aromatic rings. The quantitative estimate of drug-likeness (QED) is 0.685. The van der Waals surface area contributed by atoms with Crippen molar-refractivity contribution in [3.63, 3.8) is 0 Å². The molecule has 2 N–H and O–H groups in total. The Hall–Kier alpha value is -2.18. The fraction of sp³-hybridized carbons (Fsp3) is 0.391. The first-order valence-electron chi connectivity index (χ1n) is 9.98. The predicted octanol–water partition coefficient (Wildman–Crippen LogP) is 4.66. The molecule has 0 unspecified atom stereocenters. The summed E-state index contributed by atoms with van der Waals surface area (Å²) < 4.78 is 1.00. The maximum absolute atomic E-state index is 12.6. The van der Waals surface area contributed by atoms with E-state index in [2.05, 4.69) is 38.4 Å². The molecule has 1 aliphatic heterocycles. The molecule has 29 heavy (non-hydrogen) atoms. The van der Waals surface area contributed by atoms with Gasteiger partial charge in [0.2, 0.25) is 11.8 Å². The fourth-order valence-corrected chi connectivity index (χ4v) is 4.05. The molecule has 2 amide bonds. The van der Waals surface area contributed by atoms with Crippen LogP contribution in [0.3, 0.4) is 0 Å². The van der Waals surface area contributed by atoms with E-state index >= 15 is 0 Å². The standard InChI is InChI=1S/C23H28BrN3O2/c1-15-4-6-20(13-16(15)2)25-22(28)14-27-10-8-18(9-11-27)23(29)26-21-7-5-19(24)12-17(21)3/h4-7,12-13,18H,8-11,14H2,1-3H3,(H,25,28)(H,26,29). The van der Waals surface area contributed by atoms with Crippen molar-refractivity contribution in [1.29, 1.82) is 0 Å². The van der Waals surface area contributed by atoms with Crippen LogP contribution in [0.1, 0.15) is 29.5 Å². The zero-order chi connectivity index (χ0) is 21.0. The van der Waals surface area contributed by atoms with E-state index in [0.29, 0.717) is 6.54 Å². The lowest BCUT2D eigenvalue weighted by molar-refractivity contribution is -0.121. The highest BCUT2D eigenvalue weighted by Gasteiger charge is 2.26. The van der Waals surface area contributed by atoms with Gasteiger partial charge in [-0.05, 0) is 93.7 Å². The molecule has 1 saturated heterocycles. The average molecular weight is 458 g/mol. The number of halogens is 1. The van der Waals surface area contributed by atoms with Crippen molar-refractivity contribution < 1.29 is 9.59 Å². The van der Waals surface area contributed by atoms with Crippen LogP contribution < -0.4 is 10.6 Å². The largest absolute Gasteiger partial charge is 0.326 e. The summed E-state index contributed by atoms with van der Waals surface area (Å²) in [6, 6.07) is 11.8. The van der Waals surface area contributed by atoms with Gasteiger partial charge in [0, 0.05) is 21.8 Å². The Morgan fingerprint density at radius 1 is 0.966 bits per heavy atom. The van der Waals surface area contributed by atoms with Crippen molar-refractivity contribution in [2.75, 3.05) is 30.3 Å². The van der Waals surface area contributed by atoms with Gasteiger partial charge in [0.1, 0.15) is 0 Å². The zero-order valence-electron chi connectivity index (χ0n) is 17.2. The molecule has 0 atom stereocenters. The highest BCUT2D eigenvalue weighted by atomic mass is 79.9. The minimum Gasteiger partial charge on any atom is -0.326 e. The van der Waals surface area contributed by atoms with Crippen LogP contribution in [0.4, 0.5) is 11.4 Å². The molecule has 154 valence electrons. The van der Waals surface area contributed by atoms with E-state index in [1.807, 2.05) is 50.2 Å². The van der Waals surface area contributed by atoms with Crippen LogP contribution in [0.25, 0.3) is 0 Å². The Labute approximate surface area is 181 Å². The van der Waals surface area contributed by atoms with E-state index in [0.717, 1.165) is 52.9 Å². The molecule has 1 fully saturated rings. The number of nitrogens with one attached hydrogen (secondary N) is 2. The lowest BCUT2D eigenvalue weighted by atomic mass is 9.95. The third kappa shape index (κ3) is 5.90. The minimum absolute atomic E-state index is 0.0124. The van der Waals surface area contributed by atoms with Crippen LogP contribution in [0, 0.1) is 26.7 Å². The molecule has 0 aliphatic carbocycles. The van der Waals surface area contributed by atoms with Crippen LogP contribution in [-0.2, 0) is 9.59 Å². The van der Waals surface area contributed by atoms with Gasteiger partial charge < -0.3 is 10.6 Å². The molecule has 0 aromatic heterocycles. The number of carbonyl (C=O) groups is 2. The normalized spacial score (nSPS) is 15.2. The van der Waals surface area contributed by atoms with Gasteiger partial charge in [-0.15, -0.1) is 0 Å². The van der Waals surface area contributed by atoms with Gasteiger partial charge in [-0.25, -0.2) is 0 Å². The molecule has 0 spiro atoms.